The maximum Gasteiger partial charge on any atom is 0.136 e. The highest BCUT2D eigenvalue weighted by Crippen LogP contribution is 2.64. The number of anilines is 3. The molecule has 12 aromatic rings. The van der Waals surface area contributed by atoms with Crippen LogP contribution in [0.1, 0.15) is 74.9 Å². The van der Waals surface area contributed by atoms with E-state index in [1.54, 1.807) is 0 Å². The maximum atomic E-state index is 6.36. The van der Waals surface area contributed by atoms with E-state index in [0.29, 0.717) is 0 Å². The molecule has 2 heteroatoms. The first-order chi connectivity index (χ1) is 36.4. The number of rotatable bonds is 6. The summed E-state index contributed by atoms with van der Waals surface area (Å²) in [4.78, 5) is 2.45. The Kier molecular flexibility index (Phi) is 9.98. The Labute approximate surface area is 440 Å². The van der Waals surface area contributed by atoms with Crippen LogP contribution in [0.4, 0.5) is 17.1 Å². The van der Waals surface area contributed by atoms with Gasteiger partial charge in [-0.3, -0.25) is 0 Å². The molecule has 11 aromatic carbocycles. The van der Waals surface area contributed by atoms with Gasteiger partial charge >= 0.3 is 0 Å². The molecular formula is C73H57NO. The molecule has 0 aliphatic heterocycles. The number of benzene rings is 11. The molecule has 0 unspecified atom stereocenters. The minimum Gasteiger partial charge on any atom is -0.456 e. The van der Waals surface area contributed by atoms with Gasteiger partial charge in [-0.25, -0.2) is 0 Å². The third kappa shape index (κ3) is 7.07. The van der Waals surface area contributed by atoms with Crippen molar-refractivity contribution < 1.29 is 4.42 Å². The fourth-order valence-electron chi connectivity index (χ4n) is 12.5. The van der Waals surface area contributed by atoms with E-state index in [2.05, 4.69) is 271 Å². The van der Waals surface area contributed by atoms with Crippen molar-refractivity contribution in [3.8, 4) is 55.6 Å². The van der Waals surface area contributed by atoms with Gasteiger partial charge in [0.25, 0.3) is 0 Å². The Balaban J connectivity index is 1.00. The van der Waals surface area contributed by atoms with Gasteiger partial charge in [0.05, 0.1) is 5.41 Å². The van der Waals surface area contributed by atoms with Crippen molar-refractivity contribution in [1.82, 2.24) is 0 Å². The summed E-state index contributed by atoms with van der Waals surface area (Å²) in [5.41, 5.74) is 24.7. The van der Waals surface area contributed by atoms with Crippen molar-refractivity contribution >= 4 is 49.8 Å². The van der Waals surface area contributed by atoms with E-state index >= 15 is 0 Å². The minimum atomic E-state index is -0.590. The summed E-state index contributed by atoms with van der Waals surface area (Å²) in [6.45, 7) is 14.1. The number of nitrogens with zero attached hydrogens (tertiary/aromatic N) is 1. The first kappa shape index (κ1) is 44.9. The number of hydrogen-bond donors (Lipinski definition) is 0. The molecule has 1 heterocycles. The molecule has 1 spiro atoms. The standard InChI is InChI=1S/C73H57NO/c1-71(2,3)52-29-37-59-60-38-30-53(72(4,5)6)44-67(60)73(66(59)43-52)65-40-28-51(58-21-14-18-49-17-10-11-19-57(49)58)41-64(65)61-39-35-56(45-68(61)73)74(54-31-23-47(24-32-54)46-15-8-7-9-16-46)55-33-25-48(26-34-55)50-27-36-63-62-20-12-13-22-69(62)75-70(63)42-50/h7-45H,1-6H3. The van der Waals surface area contributed by atoms with Crippen LogP contribution in [0.2, 0.25) is 0 Å². The SMILES string of the molecule is CC(C)(C)c1ccc2c(c1)C1(c3ccc(-c4cccc5ccccc45)cc3-c3ccc(N(c4ccc(-c5ccccc5)cc4)c4ccc(-c5ccc6c(c5)oc5ccccc56)cc4)cc31)c1cc(C(C)(C)C)ccc1-2. The van der Waals surface area contributed by atoms with Crippen LogP contribution in [0, 0.1) is 0 Å². The van der Waals surface area contributed by atoms with Crippen LogP contribution in [0.25, 0.3) is 88.3 Å². The van der Waals surface area contributed by atoms with Crippen LogP contribution < -0.4 is 4.90 Å². The van der Waals surface area contributed by atoms with Gasteiger partial charge in [-0.1, -0.05) is 217 Å². The molecule has 0 amide bonds. The second-order valence-corrected chi connectivity index (χ2v) is 22.9. The van der Waals surface area contributed by atoms with E-state index in [0.717, 1.165) is 50.1 Å². The molecule has 1 aromatic heterocycles. The fourth-order valence-corrected chi connectivity index (χ4v) is 12.5. The monoisotopic (exact) mass is 963 g/mol. The molecule has 0 atom stereocenters. The first-order valence-corrected chi connectivity index (χ1v) is 26.5. The predicted molar refractivity (Wildman–Crippen MR) is 316 cm³/mol. The summed E-state index contributed by atoms with van der Waals surface area (Å²) in [5, 5.41) is 4.78. The van der Waals surface area contributed by atoms with E-state index in [-0.39, 0.29) is 10.8 Å². The molecule has 0 saturated heterocycles. The van der Waals surface area contributed by atoms with Crippen LogP contribution >= 0.6 is 0 Å². The van der Waals surface area contributed by atoms with Crippen LogP contribution in [-0.2, 0) is 16.2 Å². The number of furan rings is 1. The van der Waals surface area contributed by atoms with Gasteiger partial charge in [-0.2, -0.15) is 0 Å². The Morgan fingerprint density at radius 2 is 0.813 bits per heavy atom. The van der Waals surface area contributed by atoms with Gasteiger partial charge in [0.15, 0.2) is 0 Å². The summed E-state index contributed by atoms with van der Waals surface area (Å²) < 4.78 is 6.36. The number of hydrogen-bond acceptors (Lipinski definition) is 2. The zero-order valence-electron chi connectivity index (χ0n) is 43.4. The van der Waals surface area contributed by atoms with Crippen molar-refractivity contribution in [2.24, 2.45) is 0 Å². The molecular weight excluding hydrogens is 907 g/mol. The summed E-state index contributed by atoms with van der Waals surface area (Å²) >= 11 is 0. The van der Waals surface area contributed by atoms with E-state index in [1.165, 1.54) is 88.7 Å². The Morgan fingerprint density at radius 1 is 0.307 bits per heavy atom. The van der Waals surface area contributed by atoms with Crippen LogP contribution in [0.5, 0.6) is 0 Å². The average Bonchev–Trinajstić information content (AvgIpc) is 4.28. The lowest BCUT2D eigenvalue weighted by atomic mass is 9.68. The van der Waals surface area contributed by atoms with Crippen molar-refractivity contribution in [3.05, 3.63) is 270 Å². The van der Waals surface area contributed by atoms with E-state index in [1.807, 2.05) is 12.1 Å². The third-order valence-corrected chi connectivity index (χ3v) is 16.4. The largest absolute Gasteiger partial charge is 0.456 e. The normalized spacial score (nSPS) is 13.3. The summed E-state index contributed by atoms with van der Waals surface area (Å²) in [6.07, 6.45) is 0. The molecule has 0 bridgehead atoms. The van der Waals surface area contributed by atoms with Crippen LogP contribution in [-0.4, -0.2) is 0 Å². The first-order valence-electron chi connectivity index (χ1n) is 26.5. The topological polar surface area (TPSA) is 16.4 Å². The Morgan fingerprint density at radius 3 is 1.49 bits per heavy atom. The van der Waals surface area contributed by atoms with Crippen molar-refractivity contribution in [3.63, 3.8) is 0 Å². The van der Waals surface area contributed by atoms with E-state index in [9.17, 15) is 0 Å². The van der Waals surface area contributed by atoms with Gasteiger partial charge in [-0.15, -0.1) is 0 Å². The molecule has 14 rings (SSSR count). The molecule has 2 nitrogen and oxygen atoms in total. The number of fused-ring (bicyclic) bond motifs is 14. The molecule has 0 fully saturated rings. The summed E-state index contributed by atoms with van der Waals surface area (Å²) in [7, 11) is 0. The highest BCUT2D eigenvalue weighted by atomic mass is 16.3. The van der Waals surface area contributed by atoms with E-state index in [4.69, 9.17) is 4.42 Å². The van der Waals surface area contributed by atoms with Gasteiger partial charge in [0.1, 0.15) is 11.2 Å². The van der Waals surface area contributed by atoms with Crippen LogP contribution in [0.15, 0.2) is 241 Å². The highest BCUT2D eigenvalue weighted by Gasteiger charge is 2.52. The Hall–Kier alpha value is -8.72. The van der Waals surface area contributed by atoms with Crippen LogP contribution in [0.3, 0.4) is 0 Å². The average molecular weight is 964 g/mol. The van der Waals surface area contributed by atoms with E-state index < -0.39 is 5.41 Å². The Bertz CT molecular complexity index is 4170. The lowest BCUT2D eigenvalue weighted by Gasteiger charge is -2.34. The van der Waals surface area contributed by atoms with Gasteiger partial charge in [-0.05, 0) is 171 Å². The maximum absolute atomic E-state index is 6.36. The van der Waals surface area contributed by atoms with Gasteiger partial charge in [0.2, 0.25) is 0 Å². The quantitative estimate of drug-likeness (QED) is 0.165. The highest BCUT2D eigenvalue weighted by molar-refractivity contribution is 6.06. The molecule has 0 radical (unpaired) electrons. The molecule has 2 aliphatic carbocycles. The lowest BCUT2D eigenvalue weighted by molar-refractivity contribution is 0.586. The second kappa shape index (κ2) is 16.6. The minimum absolute atomic E-state index is 0.0570. The van der Waals surface area contributed by atoms with Gasteiger partial charge in [0, 0.05) is 27.8 Å². The molecule has 0 saturated carbocycles. The molecule has 0 N–H and O–H groups in total. The molecule has 360 valence electrons. The van der Waals surface area contributed by atoms with Crippen molar-refractivity contribution in [1.29, 1.82) is 0 Å². The lowest BCUT2D eigenvalue weighted by Crippen LogP contribution is -2.27. The fraction of sp³-hybridized carbons (Fsp3) is 0.123. The third-order valence-electron chi connectivity index (χ3n) is 16.4. The zero-order valence-corrected chi connectivity index (χ0v) is 43.4. The second-order valence-electron chi connectivity index (χ2n) is 22.9. The van der Waals surface area contributed by atoms with Crippen molar-refractivity contribution in [2.75, 3.05) is 4.90 Å². The molecule has 75 heavy (non-hydrogen) atoms. The summed E-state index contributed by atoms with van der Waals surface area (Å²) in [5.74, 6) is 0. The van der Waals surface area contributed by atoms with Crippen molar-refractivity contribution in [2.45, 2.75) is 57.8 Å². The number of para-hydroxylation sites is 1. The summed E-state index contributed by atoms with van der Waals surface area (Å²) in [6, 6.07) is 88.6. The zero-order chi connectivity index (χ0) is 50.8. The van der Waals surface area contributed by atoms with Gasteiger partial charge < -0.3 is 9.32 Å². The molecule has 2 aliphatic rings. The smallest absolute Gasteiger partial charge is 0.136 e. The predicted octanol–water partition coefficient (Wildman–Crippen LogP) is 20.1.